The Labute approximate surface area is 380 Å². The summed E-state index contributed by atoms with van der Waals surface area (Å²) in [6.45, 7) is 9.93. The molecule has 12 rings (SSSR count). The number of amides is 1. The number of hydrogen-bond acceptors (Lipinski definition) is 8. The Balaban J connectivity index is 1.03. The molecule has 2 saturated heterocycles. The van der Waals surface area contributed by atoms with E-state index < -0.39 is 46.6 Å². The van der Waals surface area contributed by atoms with Crippen molar-refractivity contribution < 1.29 is 27.2 Å². The number of benzene rings is 3. The zero-order valence-electron chi connectivity index (χ0n) is 37.7. The van der Waals surface area contributed by atoms with Gasteiger partial charge in [-0.3, -0.25) is 28.1 Å². The number of fused-ring (bicyclic) bond motifs is 6. The number of rotatable bonds is 7. The molecule has 4 aliphatic rings. The fourth-order valence-corrected chi connectivity index (χ4v) is 11.7. The molecule has 2 bridgehead atoms. The largest absolute Gasteiger partial charge is 0.438 e. The first-order chi connectivity index (χ1) is 32.1. The third-order valence-electron chi connectivity index (χ3n) is 15.1. The topological polar surface area (TPSA) is 156 Å². The number of imidazole rings is 1. The number of aryl methyl sites for hydroxylation is 3. The Bertz CT molecular complexity index is 3510. The fraction of sp³-hybridized carbons (Fsp3) is 0.388. The zero-order valence-corrected chi connectivity index (χ0v) is 37.7. The molecule has 0 unspecified atom stereocenters. The highest BCUT2D eigenvalue weighted by Crippen LogP contribution is 2.57. The van der Waals surface area contributed by atoms with Crippen LogP contribution < -0.4 is 11.4 Å². The normalized spacial score (nSPS) is 23.1. The molecule has 8 heterocycles. The fourth-order valence-electron chi connectivity index (χ4n) is 11.7. The van der Waals surface area contributed by atoms with Gasteiger partial charge in [-0.2, -0.15) is 10.2 Å². The quantitative estimate of drug-likeness (QED) is 0.170. The van der Waals surface area contributed by atoms with Gasteiger partial charge in [0.2, 0.25) is 0 Å². The predicted molar refractivity (Wildman–Crippen MR) is 240 cm³/mol. The Morgan fingerprint density at radius 3 is 2.36 bits per heavy atom. The molecule has 0 radical (unpaired) electrons. The van der Waals surface area contributed by atoms with Gasteiger partial charge in [0.25, 0.3) is 5.91 Å². The molecule has 15 nitrogen and oxygen atoms in total. The van der Waals surface area contributed by atoms with E-state index in [2.05, 4.69) is 15.2 Å². The van der Waals surface area contributed by atoms with Gasteiger partial charge in [-0.25, -0.2) is 27.4 Å². The summed E-state index contributed by atoms with van der Waals surface area (Å²) in [5.74, 6) is -2.57. The monoisotopic (exact) mass is 912 g/mol. The molecule has 8 aromatic rings. The molecule has 67 heavy (non-hydrogen) atoms. The highest BCUT2D eigenvalue weighted by molar-refractivity contribution is 6.01. The molecule has 5 aromatic heterocycles. The van der Waals surface area contributed by atoms with Crippen molar-refractivity contribution in [2.45, 2.75) is 102 Å². The van der Waals surface area contributed by atoms with Crippen LogP contribution in [0.15, 0.2) is 75.2 Å². The van der Waals surface area contributed by atoms with E-state index in [1.165, 1.54) is 33.8 Å². The first kappa shape index (κ1) is 41.5. The van der Waals surface area contributed by atoms with Crippen LogP contribution in [0.4, 0.5) is 13.2 Å². The lowest BCUT2D eigenvalue weighted by Gasteiger charge is -2.35. The average molecular weight is 913 g/mol. The SMILES string of the molecule is Cc1cc(-n2nc3c(c2-n2ccn(-c4ccc5c(cnn5C)c4F)c2=O)[C@@H]2CC[C@H](C3)N2C(=O)c2c(F)c3cc([C@H]4CCOC(C)(C)C4)ccc3n2[C@@]2(c3noc(=O)[nH]3)C[C@@H]2C)cc(C)c1F. The molecule has 5 atom stereocenters. The summed E-state index contributed by atoms with van der Waals surface area (Å²) in [6, 6.07) is 11.1. The smallest absolute Gasteiger partial charge is 0.376 e. The summed E-state index contributed by atoms with van der Waals surface area (Å²) in [7, 11) is 1.71. The molecule has 1 N–H and O–H groups in total. The van der Waals surface area contributed by atoms with Gasteiger partial charge in [-0.15, -0.1) is 0 Å². The summed E-state index contributed by atoms with van der Waals surface area (Å²) in [6.07, 6.45) is 7.69. The molecule has 18 heteroatoms. The summed E-state index contributed by atoms with van der Waals surface area (Å²) in [4.78, 5) is 47.5. The number of halogens is 3. The number of carbonyl (C=O) groups is 1. The number of aromatic amines is 1. The molecule has 344 valence electrons. The summed E-state index contributed by atoms with van der Waals surface area (Å²) in [5, 5.41) is 13.9. The first-order valence-corrected chi connectivity index (χ1v) is 22.7. The van der Waals surface area contributed by atoms with Gasteiger partial charge in [-0.05, 0) is 125 Å². The Kier molecular flexibility index (Phi) is 8.84. The number of hydrogen-bond donors (Lipinski definition) is 1. The average Bonchev–Trinajstić information content (AvgIpc) is 3.97. The summed E-state index contributed by atoms with van der Waals surface area (Å²) >= 11 is 0. The van der Waals surface area contributed by atoms with Crippen molar-refractivity contribution in [2.75, 3.05) is 6.61 Å². The minimum Gasteiger partial charge on any atom is -0.376 e. The molecule has 1 aliphatic carbocycles. The van der Waals surface area contributed by atoms with E-state index in [4.69, 9.17) is 14.4 Å². The van der Waals surface area contributed by atoms with Crippen molar-refractivity contribution in [1.82, 2.24) is 48.3 Å². The van der Waals surface area contributed by atoms with E-state index in [9.17, 15) is 9.59 Å². The molecule has 1 saturated carbocycles. The van der Waals surface area contributed by atoms with Crippen LogP contribution in [0.5, 0.6) is 0 Å². The van der Waals surface area contributed by atoms with Crippen LogP contribution in [0.1, 0.15) is 109 Å². The van der Waals surface area contributed by atoms with E-state index in [0.29, 0.717) is 70.8 Å². The number of nitrogens with one attached hydrogen (secondary N) is 1. The molecule has 3 aromatic carbocycles. The van der Waals surface area contributed by atoms with Gasteiger partial charge < -0.3 is 14.2 Å². The third kappa shape index (κ3) is 5.93. The van der Waals surface area contributed by atoms with Crippen molar-refractivity contribution in [1.29, 1.82) is 0 Å². The number of nitrogens with zero attached hydrogens (tertiary/aromatic N) is 9. The Hall–Kier alpha value is -6.95. The standard InChI is InChI=1S/C49H47F3N10O5/c1-24-17-30(18-25(2)39(24)50)62-43(59-15-14-58(47(59)65)37-12-11-34-32(40(37)51)23-53-57(34)6)38-33(55-62)20-29-8-10-36(38)60(29)44(63)42-41(52)31-19-27(28-13-16-66-48(4,5)22-28)7-9-35(31)61(42)49(21-26(49)3)45-54-46(64)67-56-45/h7,9,11-12,14-15,17-19,23,26,28-29,36H,8,10,13,16,20-22H2,1-6H3,(H,54,56,64)/t26-,28-,29+,36-,49-/m0/s1. The Morgan fingerprint density at radius 1 is 0.896 bits per heavy atom. The van der Waals surface area contributed by atoms with Crippen molar-refractivity contribution in [3.05, 3.63) is 139 Å². The maximum Gasteiger partial charge on any atom is 0.438 e. The van der Waals surface area contributed by atoms with Crippen LogP contribution in [0.25, 0.3) is 39.0 Å². The second kappa shape index (κ2) is 14.3. The van der Waals surface area contributed by atoms with E-state index in [0.717, 1.165) is 18.4 Å². The van der Waals surface area contributed by atoms with Crippen LogP contribution in [-0.4, -0.2) is 72.5 Å². The van der Waals surface area contributed by atoms with E-state index >= 15 is 18.0 Å². The van der Waals surface area contributed by atoms with Gasteiger partial charge in [0.15, 0.2) is 17.5 Å². The Morgan fingerprint density at radius 2 is 1.64 bits per heavy atom. The molecule has 3 fully saturated rings. The number of carbonyl (C=O) groups excluding carboxylic acids is 1. The first-order valence-electron chi connectivity index (χ1n) is 22.7. The van der Waals surface area contributed by atoms with Gasteiger partial charge >= 0.3 is 11.4 Å². The lowest BCUT2D eigenvalue weighted by atomic mass is 9.83. The van der Waals surface area contributed by atoms with E-state index in [1.807, 2.05) is 39.0 Å². The molecular formula is C49H47F3N10O5. The summed E-state index contributed by atoms with van der Waals surface area (Å²) in [5.41, 5.74) is 2.18. The number of aromatic nitrogens is 9. The van der Waals surface area contributed by atoms with Crippen LogP contribution in [-0.2, 0) is 23.7 Å². The van der Waals surface area contributed by atoms with Crippen molar-refractivity contribution in [3.8, 4) is 17.2 Å². The van der Waals surface area contributed by atoms with E-state index in [-0.39, 0.29) is 57.7 Å². The third-order valence-corrected chi connectivity index (χ3v) is 15.1. The van der Waals surface area contributed by atoms with Crippen LogP contribution >= 0.6 is 0 Å². The van der Waals surface area contributed by atoms with Crippen molar-refractivity contribution in [2.24, 2.45) is 13.0 Å². The van der Waals surface area contributed by atoms with Crippen molar-refractivity contribution >= 4 is 27.7 Å². The second-order valence-electron chi connectivity index (χ2n) is 19.6. The molecule has 1 amide bonds. The van der Waals surface area contributed by atoms with Gasteiger partial charge in [0.05, 0.1) is 51.3 Å². The predicted octanol–water partition coefficient (Wildman–Crippen LogP) is 7.72. The maximum atomic E-state index is 17.9. The highest BCUT2D eigenvalue weighted by atomic mass is 19.1. The molecule has 3 aliphatic heterocycles. The number of H-pyrrole nitrogens is 1. The van der Waals surface area contributed by atoms with Crippen LogP contribution in [0.3, 0.4) is 0 Å². The minimum atomic E-state index is -1.10. The van der Waals surface area contributed by atoms with Crippen LogP contribution in [0.2, 0.25) is 0 Å². The van der Waals surface area contributed by atoms with Gasteiger partial charge in [-0.1, -0.05) is 18.1 Å². The lowest BCUT2D eigenvalue weighted by Crippen LogP contribution is -2.44. The molecular weight excluding hydrogens is 866 g/mol. The lowest BCUT2D eigenvalue weighted by molar-refractivity contribution is -0.0592. The molecule has 0 spiro atoms. The number of ether oxygens (including phenoxy) is 1. The zero-order chi connectivity index (χ0) is 46.6. The second-order valence-corrected chi connectivity index (χ2v) is 19.6. The maximum absolute atomic E-state index is 17.9. The van der Waals surface area contributed by atoms with Crippen LogP contribution in [0, 0.1) is 37.2 Å². The minimum absolute atomic E-state index is 0.0130. The van der Waals surface area contributed by atoms with E-state index in [1.54, 1.807) is 57.9 Å². The van der Waals surface area contributed by atoms with Gasteiger partial charge in [0.1, 0.15) is 22.9 Å². The van der Waals surface area contributed by atoms with Gasteiger partial charge in [0, 0.05) is 49.5 Å². The van der Waals surface area contributed by atoms with Crippen molar-refractivity contribution in [3.63, 3.8) is 0 Å². The highest BCUT2D eigenvalue weighted by Gasteiger charge is 2.60. The summed E-state index contributed by atoms with van der Waals surface area (Å²) < 4.78 is 67.7.